The van der Waals surface area contributed by atoms with Gasteiger partial charge in [0, 0.05) is 25.2 Å². The number of amides is 4. The molecule has 4 N–H and O–H groups in total. The second kappa shape index (κ2) is 10.9. The van der Waals surface area contributed by atoms with Crippen molar-refractivity contribution in [3.05, 3.63) is 65.2 Å². The minimum absolute atomic E-state index is 0.117. The Balaban J connectivity index is 1.40. The first-order valence-electron chi connectivity index (χ1n) is 10.5. The van der Waals surface area contributed by atoms with E-state index in [1.54, 1.807) is 0 Å². The third-order valence-corrected chi connectivity index (χ3v) is 7.03. The van der Waals surface area contributed by atoms with Crippen molar-refractivity contribution in [2.24, 2.45) is 0 Å². The Morgan fingerprint density at radius 2 is 1.52 bits per heavy atom. The molecule has 0 atom stereocenters. The van der Waals surface area contributed by atoms with E-state index in [-0.39, 0.29) is 17.0 Å². The molecule has 176 valence electrons. The van der Waals surface area contributed by atoms with Crippen LogP contribution in [0.4, 0.5) is 4.79 Å². The Bertz CT molecular complexity index is 1100. The number of nitrogens with one attached hydrogen (secondary N) is 4. The molecule has 33 heavy (non-hydrogen) atoms. The van der Waals surface area contributed by atoms with Crippen LogP contribution in [-0.4, -0.2) is 50.2 Å². The van der Waals surface area contributed by atoms with E-state index in [0.29, 0.717) is 19.6 Å². The van der Waals surface area contributed by atoms with Crippen molar-refractivity contribution in [3.8, 4) is 0 Å². The number of sulfonamides is 1. The number of aryl methyl sites for hydroxylation is 1. The molecule has 0 aromatic heterocycles. The highest BCUT2D eigenvalue weighted by Crippen LogP contribution is 2.21. The summed E-state index contributed by atoms with van der Waals surface area (Å²) in [5.74, 6) is -1.24. The molecular formula is C22H27N5O5S. The molecule has 0 aliphatic carbocycles. The first kappa shape index (κ1) is 24.2. The van der Waals surface area contributed by atoms with Crippen molar-refractivity contribution in [1.29, 1.82) is 0 Å². The van der Waals surface area contributed by atoms with Gasteiger partial charge >= 0.3 is 6.03 Å². The quantitative estimate of drug-likeness (QED) is 0.446. The van der Waals surface area contributed by atoms with Gasteiger partial charge < -0.3 is 10.6 Å². The Labute approximate surface area is 192 Å². The van der Waals surface area contributed by atoms with Crippen LogP contribution in [0, 0.1) is 6.92 Å². The molecule has 1 heterocycles. The summed E-state index contributed by atoms with van der Waals surface area (Å²) in [5.41, 5.74) is 6.65. The Kier molecular flexibility index (Phi) is 8.01. The predicted octanol–water partition coefficient (Wildman–Crippen LogP) is 1.04. The van der Waals surface area contributed by atoms with Crippen LogP contribution in [0.5, 0.6) is 0 Å². The summed E-state index contributed by atoms with van der Waals surface area (Å²) in [4.78, 5) is 36.0. The van der Waals surface area contributed by atoms with Crippen LogP contribution < -0.4 is 21.5 Å². The fourth-order valence-corrected chi connectivity index (χ4v) is 4.73. The molecule has 3 rings (SSSR count). The first-order chi connectivity index (χ1) is 15.8. The number of hydrazine groups is 1. The number of rotatable bonds is 7. The number of nitrogens with zero attached hydrogens (tertiary/aromatic N) is 1. The number of carbonyl (C=O) groups excluding carboxylic acids is 3. The lowest BCUT2D eigenvalue weighted by molar-refractivity contribution is -0.120. The molecule has 11 heteroatoms. The number of benzene rings is 2. The molecule has 0 unspecified atom stereocenters. The molecule has 0 spiro atoms. The van der Waals surface area contributed by atoms with Gasteiger partial charge in [0.2, 0.25) is 10.0 Å². The number of urea groups is 1. The van der Waals surface area contributed by atoms with Gasteiger partial charge in [-0.2, -0.15) is 4.31 Å². The summed E-state index contributed by atoms with van der Waals surface area (Å²) >= 11 is 0. The normalized spacial score (nSPS) is 13.8. The van der Waals surface area contributed by atoms with E-state index >= 15 is 0 Å². The van der Waals surface area contributed by atoms with Crippen LogP contribution >= 0.6 is 0 Å². The Morgan fingerprint density at radius 1 is 0.879 bits per heavy atom. The van der Waals surface area contributed by atoms with Crippen LogP contribution in [0.1, 0.15) is 34.3 Å². The molecule has 1 saturated heterocycles. The van der Waals surface area contributed by atoms with E-state index < -0.39 is 27.9 Å². The first-order valence-corrected chi connectivity index (χ1v) is 12.0. The zero-order valence-corrected chi connectivity index (χ0v) is 19.1. The van der Waals surface area contributed by atoms with E-state index in [4.69, 9.17) is 0 Å². The van der Waals surface area contributed by atoms with Crippen molar-refractivity contribution in [3.63, 3.8) is 0 Å². The molecule has 2 aromatic rings. The topological polar surface area (TPSA) is 137 Å². The van der Waals surface area contributed by atoms with E-state index in [0.717, 1.165) is 24.0 Å². The maximum absolute atomic E-state index is 12.5. The van der Waals surface area contributed by atoms with Gasteiger partial charge in [-0.05, 0) is 49.6 Å². The third-order valence-electron chi connectivity index (χ3n) is 5.12. The van der Waals surface area contributed by atoms with Crippen LogP contribution in [0.3, 0.4) is 0 Å². The van der Waals surface area contributed by atoms with E-state index in [9.17, 15) is 22.8 Å². The lowest BCUT2D eigenvalue weighted by Gasteiger charge is -2.15. The molecule has 1 aliphatic rings. The fraction of sp³-hybridized carbons (Fsp3) is 0.318. The summed E-state index contributed by atoms with van der Waals surface area (Å²) in [7, 11) is -3.56. The molecule has 10 nitrogen and oxygen atoms in total. The SMILES string of the molecule is Cc1ccc(CNC(=O)NCC(=O)NNC(=O)c2ccc(S(=O)(=O)N3CCCC3)cc2)cc1. The second-order valence-corrected chi connectivity index (χ2v) is 9.60. The van der Waals surface area contributed by atoms with Crippen LogP contribution in [0.25, 0.3) is 0 Å². The minimum Gasteiger partial charge on any atom is -0.334 e. The third kappa shape index (κ3) is 6.77. The monoisotopic (exact) mass is 473 g/mol. The predicted molar refractivity (Wildman–Crippen MR) is 121 cm³/mol. The van der Waals surface area contributed by atoms with E-state index in [1.165, 1.54) is 28.6 Å². The Morgan fingerprint density at radius 3 is 2.15 bits per heavy atom. The van der Waals surface area contributed by atoms with Crippen molar-refractivity contribution in [2.45, 2.75) is 31.2 Å². The maximum Gasteiger partial charge on any atom is 0.315 e. The standard InChI is InChI=1S/C22H27N5O5S/c1-16-4-6-17(7-5-16)14-23-22(30)24-15-20(28)25-26-21(29)18-8-10-19(11-9-18)33(31,32)27-12-2-3-13-27/h4-11H,2-3,12-15H2,1H3,(H,25,28)(H,26,29)(H2,23,24,30). The zero-order valence-electron chi connectivity index (χ0n) is 18.3. The maximum atomic E-state index is 12.5. The average molecular weight is 474 g/mol. The van der Waals surface area contributed by atoms with Crippen LogP contribution in [-0.2, 0) is 21.4 Å². The molecule has 2 aromatic carbocycles. The van der Waals surface area contributed by atoms with Gasteiger partial charge in [0.05, 0.1) is 4.90 Å². The van der Waals surface area contributed by atoms with Gasteiger partial charge in [0.25, 0.3) is 11.8 Å². The molecular weight excluding hydrogens is 446 g/mol. The average Bonchev–Trinajstić information content (AvgIpc) is 3.37. The van der Waals surface area contributed by atoms with Crippen molar-refractivity contribution < 1.29 is 22.8 Å². The Hall–Kier alpha value is -3.44. The summed E-state index contributed by atoms with van der Waals surface area (Å²) in [6, 6.07) is 12.6. The summed E-state index contributed by atoms with van der Waals surface area (Å²) < 4.78 is 26.5. The molecule has 4 amide bonds. The summed E-state index contributed by atoms with van der Waals surface area (Å²) in [6.45, 7) is 2.93. The van der Waals surface area contributed by atoms with E-state index in [1.807, 2.05) is 31.2 Å². The highest BCUT2D eigenvalue weighted by molar-refractivity contribution is 7.89. The van der Waals surface area contributed by atoms with Gasteiger partial charge in [-0.1, -0.05) is 29.8 Å². The lowest BCUT2D eigenvalue weighted by atomic mass is 10.1. The minimum atomic E-state index is -3.56. The van der Waals surface area contributed by atoms with E-state index in [2.05, 4.69) is 21.5 Å². The van der Waals surface area contributed by atoms with Gasteiger partial charge in [-0.15, -0.1) is 0 Å². The number of carbonyl (C=O) groups is 3. The number of hydrogen-bond donors (Lipinski definition) is 4. The highest BCUT2D eigenvalue weighted by Gasteiger charge is 2.27. The molecule has 0 radical (unpaired) electrons. The largest absolute Gasteiger partial charge is 0.334 e. The highest BCUT2D eigenvalue weighted by atomic mass is 32.2. The van der Waals surface area contributed by atoms with Crippen molar-refractivity contribution >= 4 is 27.9 Å². The molecule has 0 bridgehead atoms. The summed E-state index contributed by atoms with van der Waals surface area (Å²) in [5, 5.41) is 5.03. The van der Waals surface area contributed by atoms with Crippen molar-refractivity contribution in [1.82, 2.24) is 25.8 Å². The zero-order chi connectivity index (χ0) is 23.8. The molecule has 1 aliphatic heterocycles. The van der Waals surface area contributed by atoms with Crippen molar-refractivity contribution in [2.75, 3.05) is 19.6 Å². The number of hydrogen-bond acceptors (Lipinski definition) is 5. The smallest absolute Gasteiger partial charge is 0.315 e. The van der Waals surface area contributed by atoms with Gasteiger partial charge in [0.15, 0.2) is 0 Å². The fourth-order valence-electron chi connectivity index (χ4n) is 3.21. The van der Waals surface area contributed by atoms with Gasteiger partial charge in [-0.25, -0.2) is 13.2 Å². The van der Waals surface area contributed by atoms with Gasteiger partial charge in [-0.3, -0.25) is 20.4 Å². The van der Waals surface area contributed by atoms with Crippen LogP contribution in [0.2, 0.25) is 0 Å². The molecule has 0 saturated carbocycles. The molecule has 1 fully saturated rings. The second-order valence-electron chi connectivity index (χ2n) is 7.66. The lowest BCUT2D eigenvalue weighted by Crippen LogP contribution is -2.47. The van der Waals surface area contributed by atoms with Gasteiger partial charge in [0.1, 0.15) is 6.54 Å². The summed E-state index contributed by atoms with van der Waals surface area (Å²) in [6.07, 6.45) is 1.67. The van der Waals surface area contributed by atoms with Crippen LogP contribution in [0.15, 0.2) is 53.4 Å².